The van der Waals surface area contributed by atoms with E-state index in [2.05, 4.69) is 4.98 Å². The molecule has 2 N–H and O–H groups in total. The summed E-state index contributed by atoms with van der Waals surface area (Å²) >= 11 is 0. The second-order valence-electron chi connectivity index (χ2n) is 3.01. The zero-order valence-corrected chi connectivity index (χ0v) is 9.38. The first-order valence-corrected chi connectivity index (χ1v) is 5.68. The molecule has 0 bridgehead atoms. The Morgan fingerprint density at radius 3 is 2.44 bits per heavy atom. The lowest BCUT2D eigenvalue weighted by Gasteiger charge is -2.11. The average molecular weight is 252 g/mol. The lowest BCUT2D eigenvalue weighted by molar-refractivity contribution is 0.145. The first-order valence-electron chi connectivity index (χ1n) is 4.14. The second-order valence-corrected chi connectivity index (χ2v) is 4.54. The molecule has 0 atom stereocenters. The maximum Gasteiger partial charge on any atom is 0.280 e. The summed E-state index contributed by atoms with van der Waals surface area (Å²) in [7, 11) is -2.91. The van der Waals surface area contributed by atoms with E-state index < -0.39 is 27.0 Å². The van der Waals surface area contributed by atoms with Crippen LogP contribution in [-0.2, 0) is 10.0 Å². The van der Waals surface area contributed by atoms with Crippen LogP contribution in [-0.4, -0.2) is 20.5 Å². The normalized spacial score (nSPS) is 11.9. The highest BCUT2D eigenvalue weighted by Crippen LogP contribution is 2.29. The van der Waals surface area contributed by atoms with Gasteiger partial charge in [0.25, 0.3) is 6.43 Å². The van der Waals surface area contributed by atoms with Crippen molar-refractivity contribution in [1.29, 1.82) is 0 Å². The Bertz CT molecular complexity index is 502. The van der Waals surface area contributed by atoms with Crippen LogP contribution in [0.1, 0.15) is 17.8 Å². The number of aryl methyl sites for hydroxylation is 1. The summed E-state index contributed by atoms with van der Waals surface area (Å²) in [4.78, 5) is 3.03. The van der Waals surface area contributed by atoms with E-state index in [0.29, 0.717) is 6.07 Å². The van der Waals surface area contributed by atoms with Crippen LogP contribution in [0.5, 0.6) is 5.75 Å². The smallest absolute Gasteiger partial charge is 0.280 e. The number of hydrogen-bond acceptors (Lipinski definition) is 4. The van der Waals surface area contributed by atoms with E-state index in [0.717, 1.165) is 0 Å². The van der Waals surface area contributed by atoms with Gasteiger partial charge in [0, 0.05) is 0 Å². The highest BCUT2D eigenvalue weighted by Gasteiger charge is 2.22. The lowest BCUT2D eigenvalue weighted by Crippen LogP contribution is -2.15. The number of rotatable bonds is 3. The molecule has 0 fully saturated rings. The third kappa shape index (κ3) is 2.45. The molecule has 0 aliphatic rings. The first-order chi connectivity index (χ1) is 7.27. The molecule has 5 nitrogen and oxygen atoms in total. The molecule has 0 unspecified atom stereocenters. The van der Waals surface area contributed by atoms with Gasteiger partial charge in [0.1, 0.15) is 10.6 Å². The quantitative estimate of drug-likeness (QED) is 0.869. The number of halogens is 2. The highest BCUT2D eigenvalue weighted by molar-refractivity contribution is 7.89. The summed E-state index contributed by atoms with van der Waals surface area (Å²) in [5.41, 5.74) is -0.605. The van der Waals surface area contributed by atoms with Crippen LogP contribution in [0, 0.1) is 6.92 Å². The largest absolute Gasteiger partial charge is 0.493 e. The van der Waals surface area contributed by atoms with E-state index >= 15 is 0 Å². The number of pyridine rings is 1. The van der Waals surface area contributed by atoms with Crippen molar-refractivity contribution in [2.45, 2.75) is 18.2 Å². The Morgan fingerprint density at radius 1 is 1.50 bits per heavy atom. The summed E-state index contributed by atoms with van der Waals surface area (Å²) in [6, 6.07) is 0.714. The Kier molecular flexibility index (Phi) is 3.44. The van der Waals surface area contributed by atoms with Crippen LogP contribution in [0.4, 0.5) is 8.78 Å². The lowest BCUT2D eigenvalue weighted by atomic mass is 10.3. The number of nitrogens with zero attached hydrogens (tertiary/aromatic N) is 1. The molecule has 0 aromatic carbocycles. The fraction of sp³-hybridized carbons (Fsp3) is 0.375. The monoisotopic (exact) mass is 252 g/mol. The summed E-state index contributed by atoms with van der Waals surface area (Å²) in [5.74, 6) is -0.119. The zero-order valence-electron chi connectivity index (χ0n) is 8.57. The molecule has 16 heavy (non-hydrogen) atoms. The third-order valence-electron chi connectivity index (χ3n) is 1.86. The minimum Gasteiger partial charge on any atom is -0.493 e. The molecule has 1 aromatic heterocycles. The maximum absolute atomic E-state index is 12.4. The summed E-state index contributed by atoms with van der Waals surface area (Å²) in [5, 5.41) is 4.89. The first kappa shape index (κ1) is 12.8. The van der Waals surface area contributed by atoms with Crippen LogP contribution in [0.2, 0.25) is 0 Å². The topological polar surface area (TPSA) is 82.3 Å². The van der Waals surface area contributed by atoms with Crippen LogP contribution < -0.4 is 9.88 Å². The Balaban J connectivity index is 3.56. The molecular formula is C8H10F2N2O3S. The van der Waals surface area contributed by atoms with Crippen molar-refractivity contribution in [3.8, 4) is 5.75 Å². The molecule has 0 radical (unpaired) electrons. The molecule has 8 heteroatoms. The third-order valence-corrected chi connectivity index (χ3v) is 2.78. The van der Waals surface area contributed by atoms with Gasteiger partial charge in [0.2, 0.25) is 10.0 Å². The maximum atomic E-state index is 12.4. The van der Waals surface area contributed by atoms with Crippen molar-refractivity contribution < 1.29 is 21.9 Å². The SMILES string of the molecule is COc1c(S(N)(=O)=O)cc(C(F)F)nc1C. The molecule has 90 valence electrons. The van der Waals surface area contributed by atoms with E-state index in [-0.39, 0.29) is 11.4 Å². The molecule has 1 rings (SSSR count). The molecule has 0 saturated carbocycles. The minimum absolute atomic E-state index is 0.0457. The van der Waals surface area contributed by atoms with E-state index in [1.54, 1.807) is 0 Å². The standard InChI is InChI=1S/C8H10F2N2O3S/c1-4-7(15-2)6(16(11,13)14)3-5(12-4)8(9)10/h3,8H,1-2H3,(H2,11,13,14). The molecule has 0 amide bonds. The number of primary sulfonamides is 1. The van der Waals surface area contributed by atoms with Crippen molar-refractivity contribution in [2.24, 2.45) is 5.14 Å². The number of sulfonamides is 1. The highest BCUT2D eigenvalue weighted by atomic mass is 32.2. The Hall–Kier alpha value is -1.28. The predicted molar refractivity (Wildman–Crippen MR) is 51.9 cm³/mol. The average Bonchev–Trinajstić information content (AvgIpc) is 2.14. The van der Waals surface area contributed by atoms with Crippen molar-refractivity contribution in [1.82, 2.24) is 4.98 Å². The molecule has 0 aliphatic heterocycles. The predicted octanol–water partition coefficient (Wildman–Crippen LogP) is 0.984. The van der Waals surface area contributed by atoms with Crippen molar-refractivity contribution in [3.63, 3.8) is 0 Å². The van der Waals surface area contributed by atoms with Gasteiger partial charge in [-0.1, -0.05) is 0 Å². The van der Waals surface area contributed by atoms with Crippen LogP contribution >= 0.6 is 0 Å². The van der Waals surface area contributed by atoms with Gasteiger partial charge in [0.05, 0.1) is 12.8 Å². The summed E-state index contributed by atoms with van der Waals surface area (Å²) in [6.45, 7) is 1.36. The minimum atomic E-state index is -4.12. The number of nitrogens with two attached hydrogens (primary N) is 1. The molecule has 1 heterocycles. The Labute approximate surface area is 91.3 Å². The van der Waals surface area contributed by atoms with E-state index in [4.69, 9.17) is 9.88 Å². The van der Waals surface area contributed by atoms with Crippen LogP contribution in [0.15, 0.2) is 11.0 Å². The van der Waals surface area contributed by atoms with E-state index in [1.807, 2.05) is 0 Å². The fourth-order valence-corrected chi connectivity index (χ4v) is 2.00. The number of ether oxygens (including phenoxy) is 1. The number of alkyl halides is 2. The number of aromatic nitrogens is 1. The van der Waals surface area contributed by atoms with Gasteiger partial charge >= 0.3 is 0 Å². The number of hydrogen-bond donors (Lipinski definition) is 1. The van der Waals surface area contributed by atoms with Crippen LogP contribution in [0.25, 0.3) is 0 Å². The van der Waals surface area contributed by atoms with Crippen LogP contribution in [0.3, 0.4) is 0 Å². The van der Waals surface area contributed by atoms with Crippen molar-refractivity contribution >= 4 is 10.0 Å². The summed E-state index contributed by atoms with van der Waals surface area (Å²) < 4.78 is 51.9. The Morgan fingerprint density at radius 2 is 2.06 bits per heavy atom. The zero-order chi connectivity index (χ0) is 12.5. The van der Waals surface area contributed by atoms with Gasteiger partial charge in [-0.2, -0.15) is 0 Å². The van der Waals surface area contributed by atoms with Crippen molar-refractivity contribution in [3.05, 3.63) is 17.5 Å². The second kappa shape index (κ2) is 4.30. The molecule has 0 saturated heterocycles. The summed E-state index contributed by atoms with van der Waals surface area (Å²) in [6.07, 6.45) is -2.87. The van der Waals surface area contributed by atoms with Gasteiger partial charge < -0.3 is 4.74 Å². The molecular weight excluding hydrogens is 242 g/mol. The van der Waals surface area contributed by atoms with E-state index in [9.17, 15) is 17.2 Å². The van der Waals surface area contributed by atoms with Gasteiger partial charge in [-0.25, -0.2) is 27.3 Å². The number of methoxy groups -OCH3 is 1. The fourth-order valence-electron chi connectivity index (χ4n) is 1.23. The van der Waals surface area contributed by atoms with Gasteiger partial charge in [0.15, 0.2) is 5.75 Å². The van der Waals surface area contributed by atoms with Crippen molar-refractivity contribution in [2.75, 3.05) is 7.11 Å². The van der Waals surface area contributed by atoms with Gasteiger partial charge in [-0.3, -0.25) is 0 Å². The molecule has 1 aromatic rings. The molecule has 0 aliphatic carbocycles. The van der Waals surface area contributed by atoms with Gasteiger partial charge in [-0.05, 0) is 13.0 Å². The molecule has 0 spiro atoms. The van der Waals surface area contributed by atoms with Gasteiger partial charge in [-0.15, -0.1) is 0 Å². The van der Waals surface area contributed by atoms with E-state index in [1.165, 1.54) is 14.0 Å².